The van der Waals surface area contributed by atoms with Crippen molar-refractivity contribution in [2.24, 2.45) is 7.05 Å². The SMILES string of the molecule is Cn1nc(C(=O)N(CCNc2cc(C(=O)O)ccc2F)Cc2cccc(F)c2)c2c1-c1cc(Cl)ccc1CC2. The van der Waals surface area contributed by atoms with Crippen LogP contribution in [-0.2, 0) is 26.4 Å². The number of carbonyl (C=O) groups excluding carboxylic acids is 1. The zero-order valence-electron chi connectivity index (χ0n) is 21.0. The van der Waals surface area contributed by atoms with E-state index in [0.717, 1.165) is 34.9 Å². The molecule has 1 aliphatic carbocycles. The van der Waals surface area contributed by atoms with Crippen molar-refractivity contribution in [1.82, 2.24) is 14.7 Å². The molecule has 0 spiro atoms. The number of aromatic nitrogens is 2. The van der Waals surface area contributed by atoms with Crippen LogP contribution in [0, 0.1) is 11.6 Å². The standard InChI is InChI=1S/C29H25ClF2N4O3/c1-35-27-22(9-6-18-5-8-20(30)15-23(18)27)26(34-35)28(37)36(16-17-3-2-4-21(31)13-17)12-11-33-25-14-19(29(38)39)7-10-24(25)32/h2-5,7-8,10,13-15,33H,6,9,11-12,16H2,1H3,(H,38,39). The first kappa shape index (κ1) is 26.4. The molecule has 0 atom stereocenters. The number of benzene rings is 3. The summed E-state index contributed by atoms with van der Waals surface area (Å²) in [4.78, 5) is 26.7. The molecule has 1 amide bonds. The van der Waals surface area contributed by atoms with E-state index in [2.05, 4.69) is 10.4 Å². The van der Waals surface area contributed by atoms with Crippen LogP contribution in [-0.4, -0.2) is 44.8 Å². The molecule has 200 valence electrons. The summed E-state index contributed by atoms with van der Waals surface area (Å²) in [5.74, 6) is -2.56. The van der Waals surface area contributed by atoms with Crippen molar-refractivity contribution in [1.29, 1.82) is 0 Å². The van der Waals surface area contributed by atoms with Gasteiger partial charge in [0.25, 0.3) is 5.91 Å². The number of carboxylic acids is 1. The van der Waals surface area contributed by atoms with E-state index in [9.17, 15) is 23.5 Å². The summed E-state index contributed by atoms with van der Waals surface area (Å²) >= 11 is 6.26. The number of anilines is 1. The van der Waals surface area contributed by atoms with Crippen molar-refractivity contribution in [2.45, 2.75) is 19.4 Å². The quantitative estimate of drug-likeness (QED) is 0.299. The molecule has 1 aromatic heterocycles. The Balaban J connectivity index is 1.44. The second kappa shape index (κ2) is 10.9. The molecule has 7 nitrogen and oxygen atoms in total. The lowest BCUT2D eigenvalue weighted by Gasteiger charge is -2.24. The molecule has 5 rings (SSSR count). The molecule has 0 saturated carbocycles. The first-order valence-corrected chi connectivity index (χ1v) is 12.7. The van der Waals surface area contributed by atoms with Crippen molar-refractivity contribution in [3.8, 4) is 11.3 Å². The first-order valence-electron chi connectivity index (χ1n) is 12.4. The van der Waals surface area contributed by atoms with Gasteiger partial charge < -0.3 is 15.3 Å². The maximum Gasteiger partial charge on any atom is 0.335 e. The Hall–Kier alpha value is -4.24. The van der Waals surface area contributed by atoms with Gasteiger partial charge in [-0.2, -0.15) is 5.10 Å². The summed E-state index contributed by atoms with van der Waals surface area (Å²) in [5, 5.41) is 17.3. The van der Waals surface area contributed by atoms with Crippen molar-refractivity contribution in [3.63, 3.8) is 0 Å². The van der Waals surface area contributed by atoms with E-state index >= 15 is 0 Å². The van der Waals surface area contributed by atoms with Crippen molar-refractivity contribution >= 4 is 29.2 Å². The Labute approximate surface area is 228 Å². The Kier molecular flexibility index (Phi) is 7.34. The van der Waals surface area contributed by atoms with Gasteiger partial charge in [0, 0.05) is 42.8 Å². The smallest absolute Gasteiger partial charge is 0.335 e. The number of nitrogens with one attached hydrogen (secondary N) is 1. The number of fused-ring (bicyclic) bond motifs is 3. The molecule has 1 heterocycles. The minimum absolute atomic E-state index is 0.0109. The number of rotatable bonds is 8. The molecule has 4 aromatic rings. The third kappa shape index (κ3) is 5.49. The van der Waals surface area contributed by atoms with Crippen LogP contribution >= 0.6 is 11.6 Å². The van der Waals surface area contributed by atoms with Crippen LogP contribution in [0.4, 0.5) is 14.5 Å². The van der Waals surface area contributed by atoms with Gasteiger partial charge in [0.15, 0.2) is 5.69 Å². The number of carbonyl (C=O) groups is 2. The molecule has 0 aliphatic heterocycles. The van der Waals surface area contributed by atoms with Crippen molar-refractivity contribution in [3.05, 3.63) is 105 Å². The predicted octanol–water partition coefficient (Wildman–Crippen LogP) is 5.57. The average Bonchev–Trinajstić information content (AvgIpc) is 3.25. The number of carboxylic acid groups (broad SMARTS) is 1. The Bertz CT molecular complexity index is 1590. The monoisotopic (exact) mass is 550 g/mol. The second-order valence-electron chi connectivity index (χ2n) is 9.38. The summed E-state index contributed by atoms with van der Waals surface area (Å²) in [6.45, 7) is 0.345. The number of nitrogens with zero attached hydrogens (tertiary/aromatic N) is 3. The third-order valence-corrected chi connectivity index (χ3v) is 7.01. The van der Waals surface area contributed by atoms with Crippen molar-refractivity contribution < 1.29 is 23.5 Å². The summed E-state index contributed by atoms with van der Waals surface area (Å²) in [6.07, 6.45) is 1.36. The number of aromatic carboxylic acids is 1. The highest BCUT2D eigenvalue weighted by Crippen LogP contribution is 2.37. The van der Waals surface area contributed by atoms with Gasteiger partial charge in [-0.15, -0.1) is 0 Å². The lowest BCUT2D eigenvalue weighted by Crippen LogP contribution is -2.35. The van der Waals surface area contributed by atoms with Gasteiger partial charge in [-0.05, 0) is 66.4 Å². The molecule has 0 saturated heterocycles. The highest BCUT2D eigenvalue weighted by molar-refractivity contribution is 6.30. The van der Waals surface area contributed by atoms with E-state index in [1.165, 1.54) is 29.2 Å². The van der Waals surface area contributed by atoms with E-state index in [4.69, 9.17) is 11.6 Å². The van der Waals surface area contributed by atoms with Gasteiger partial charge in [-0.1, -0.05) is 29.8 Å². The first-order chi connectivity index (χ1) is 18.7. The number of hydrogen-bond donors (Lipinski definition) is 2. The van der Waals surface area contributed by atoms with E-state index in [1.807, 2.05) is 18.2 Å². The number of halogens is 3. The number of aryl methyl sites for hydroxylation is 2. The molecule has 3 aromatic carbocycles. The minimum Gasteiger partial charge on any atom is -0.478 e. The molecule has 0 unspecified atom stereocenters. The molecule has 0 radical (unpaired) electrons. The Morgan fingerprint density at radius 3 is 2.69 bits per heavy atom. The molecule has 0 bridgehead atoms. The third-order valence-electron chi connectivity index (χ3n) is 6.78. The Morgan fingerprint density at radius 1 is 1.10 bits per heavy atom. The fourth-order valence-corrected chi connectivity index (χ4v) is 5.11. The van der Waals surface area contributed by atoms with Gasteiger partial charge in [-0.3, -0.25) is 9.48 Å². The van der Waals surface area contributed by atoms with Gasteiger partial charge >= 0.3 is 5.97 Å². The molecule has 1 aliphatic rings. The van der Waals surface area contributed by atoms with Crippen LogP contribution in [0.25, 0.3) is 11.3 Å². The fourth-order valence-electron chi connectivity index (χ4n) is 4.94. The van der Waals surface area contributed by atoms with Crippen LogP contribution in [0.5, 0.6) is 0 Å². The zero-order valence-corrected chi connectivity index (χ0v) is 21.8. The van der Waals surface area contributed by atoms with Crippen LogP contribution in [0.2, 0.25) is 5.02 Å². The maximum absolute atomic E-state index is 14.3. The number of hydrogen-bond acceptors (Lipinski definition) is 4. The van der Waals surface area contributed by atoms with E-state index in [0.29, 0.717) is 22.7 Å². The molecular weight excluding hydrogens is 526 g/mol. The molecule has 10 heteroatoms. The molecule has 0 fully saturated rings. The molecular formula is C29H25ClF2N4O3. The van der Waals surface area contributed by atoms with Crippen molar-refractivity contribution in [2.75, 3.05) is 18.4 Å². The fraction of sp³-hybridized carbons (Fsp3) is 0.207. The van der Waals surface area contributed by atoms with E-state index in [-0.39, 0.29) is 36.8 Å². The van der Waals surface area contributed by atoms with Gasteiger partial charge in [0.1, 0.15) is 11.6 Å². The van der Waals surface area contributed by atoms with Crippen LogP contribution in [0.15, 0.2) is 60.7 Å². The number of amides is 1. The summed E-state index contributed by atoms with van der Waals surface area (Å²) < 4.78 is 29.9. The average molecular weight is 551 g/mol. The summed E-state index contributed by atoms with van der Waals surface area (Å²) in [7, 11) is 1.78. The normalized spacial score (nSPS) is 12.0. The van der Waals surface area contributed by atoms with Gasteiger partial charge in [0.2, 0.25) is 0 Å². The van der Waals surface area contributed by atoms with Gasteiger partial charge in [0.05, 0.1) is 16.9 Å². The highest BCUT2D eigenvalue weighted by Gasteiger charge is 2.30. The Morgan fingerprint density at radius 2 is 1.92 bits per heavy atom. The van der Waals surface area contributed by atoms with E-state index < -0.39 is 17.6 Å². The summed E-state index contributed by atoms with van der Waals surface area (Å²) in [5.41, 5.74) is 4.54. The highest BCUT2D eigenvalue weighted by atomic mass is 35.5. The largest absolute Gasteiger partial charge is 0.478 e. The summed E-state index contributed by atoms with van der Waals surface area (Å²) in [6, 6.07) is 15.1. The lowest BCUT2D eigenvalue weighted by molar-refractivity contribution is 0.0695. The van der Waals surface area contributed by atoms with Gasteiger partial charge in [-0.25, -0.2) is 13.6 Å². The minimum atomic E-state index is -1.18. The predicted molar refractivity (Wildman–Crippen MR) is 144 cm³/mol. The lowest BCUT2D eigenvalue weighted by atomic mass is 9.88. The van der Waals surface area contributed by atoms with Crippen LogP contribution in [0.3, 0.4) is 0 Å². The van der Waals surface area contributed by atoms with Crippen LogP contribution in [0.1, 0.15) is 37.5 Å². The molecule has 2 N–H and O–H groups in total. The topological polar surface area (TPSA) is 87.5 Å². The maximum atomic E-state index is 14.3. The molecule has 39 heavy (non-hydrogen) atoms. The van der Waals surface area contributed by atoms with E-state index in [1.54, 1.807) is 23.9 Å². The zero-order chi connectivity index (χ0) is 27.7. The second-order valence-corrected chi connectivity index (χ2v) is 9.82. The van der Waals surface area contributed by atoms with Crippen LogP contribution < -0.4 is 5.32 Å².